The summed E-state index contributed by atoms with van der Waals surface area (Å²) in [5.74, 6) is -0.227. The van der Waals surface area contributed by atoms with Crippen LogP contribution in [0.3, 0.4) is 0 Å². The Bertz CT molecular complexity index is 453. The minimum atomic E-state index is -0.227. The van der Waals surface area contributed by atoms with Crippen molar-refractivity contribution in [3.05, 3.63) is 52.5 Å². The Hall–Kier alpha value is -1.29. The lowest BCUT2D eigenvalue weighted by atomic mass is 10.3. The monoisotopic (exact) mass is 268 g/mol. The first-order chi connectivity index (χ1) is 7.24. The van der Waals surface area contributed by atoms with E-state index in [0.29, 0.717) is 6.54 Å². The van der Waals surface area contributed by atoms with Crippen molar-refractivity contribution in [2.45, 2.75) is 6.54 Å². The summed E-state index contributed by atoms with van der Waals surface area (Å²) >= 11 is 3.33. The Labute approximate surface area is 95.6 Å². The Morgan fingerprint density at radius 2 is 2.20 bits per heavy atom. The normalized spacial score (nSPS) is 10.3. The molecule has 0 aliphatic heterocycles. The first-order valence-corrected chi connectivity index (χ1v) is 5.35. The molecule has 1 heterocycles. The van der Waals surface area contributed by atoms with Crippen molar-refractivity contribution in [3.63, 3.8) is 0 Å². The van der Waals surface area contributed by atoms with Crippen molar-refractivity contribution in [2.75, 3.05) is 5.32 Å². The molecule has 0 atom stereocenters. The molecule has 0 aliphatic carbocycles. The number of nitrogens with one attached hydrogen (secondary N) is 2. The van der Waals surface area contributed by atoms with E-state index >= 15 is 0 Å². The minimum absolute atomic E-state index is 0.227. The molecule has 0 amide bonds. The highest BCUT2D eigenvalue weighted by Crippen LogP contribution is 2.13. The Morgan fingerprint density at radius 1 is 1.33 bits per heavy atom. The number of benzene rings is 1. The van der Waals surface area contributed by atoms with Gasteiger partial charge in [-0.1, -0.05) is 6.07 Å². The lowest BCUT2D eigenvalue weighted by molar-refractivity contribution is 0.628. The zero-order valence-corrected chi connectivity index (χ0v) is 9.51. The van der Waals surface area contributed by atoms with E-state index in [2.05, 4.69) is 26.2 Å². The van der Waals surface area contributed by atoms with Crippen molar-refractivity contribution in [1.82, 2.24) is 4.98 Å². The van der Waals surface area contributed by atoms with Crippen LogP contribution in [0, 0.1) is 5.82 Å². The fourth-order valence-electron chi connectivity index (χ4n) is 1.31. The van der Waals surface area contributed by atoms with E-state index in [-0.39, 0.29) is 5.82 Å². The van der Waals surface area contributed by atoms with Crippen LogP contribution in [0.4, 0.5) is 10.1 Å². The molecule has 0 bridgehead atoms. The molecular weight excluding hydrogens is 259 g/mol. The van der Waals surface area contributed by atoms with Gasteiger partial charge >= 0.3 is 0 Å². The Kier molecular flexibility index (Phi) is 3.06. The fraction of sp³-hybridized carbons (Fsp3) is 0.0909. The van der Waals surface area contributed by atoms with Gasteiger partial charge in [-0.2, -0.15) is 0 Å². The number of rotatable bonds is 3. The Balaban J connectivity index is 1.99. The summed E-state index contributed by atoms with van der Waals surface area (Å²) in [7, 11) is 0. The van der Waals surface area contributed by atoms with Crippen LogP contribution in [-0.4, -0.2) is 4.98 Å². The van der Waals surface area contributed by atoms with Gasteiger partial charge in [-0.3, -0.25) is 0 Å². The molecule has 0 spiro atoms. The highest BCUT2D eigenvalue weighted by atomic mass is 79.9. The predicted molar refractivity (Wildman–Crippen MR) is 62.2 cm³/mol. The maximum atomic E-state index is 12.8. The SMILES string of the molecule is Fc1cccc(NCc2c[nH]c(Br)c2)c1. The van der Waals surface area contributed by atoms with Crippen molar-refractivity contribution in [3.8, 4) is 0 Å². The second kappa shape index (κ2) is 4.49. The van der Waals surface area contributed by atoms with Gasteiger partial charge in [0.25, 0.3) is 0 Å². The molecule has 2 aromatic rings. The van der Waals surface area contributed by atoms with Gasteiger partial charge in [0.05, 0.1) is 4.60 Å². The van der Waals surface area contributed by atoms with E-state index in [1.54, 1.807) is 6.07 Å². The number of H-pyrrole nitrogens is 1. The third-order valence-corrected chi connectivity index (χ3v) is 2.49. The third kappa shape index (κ3) is 2.83. The maximum Gasteiger partial charge on any atom is 0.125 e. The Morgan fingerprint density at radius 3 is 2.87 bits per heavy atom. The zero-order chi connectivity index (χ0) is 10.7. The van der Waals surface area contributed by atoms with Gasteiger partial charge in [-0.05, 0) is 45.8 Å². The molecule has 15 heavy (non-hydrogen) atoms. The van der Waals surface area contributed by atoms with Crippen LogP contribution in [0.2, 0.25) is 0 Å². The average molecular weight is 269 g/mol. The second-order valence-electron chi connectivity index (χ2n) is 3.22. The molecule has 78 valence electrons. The fourth-order valence-corrected chi connectivity index (χ4v) is 1.72. The molecule has 2 N–H and O–H groups in total. The topological polar surface area (TPSA) is 27.8 Å². The highest BCUT2D eigenvalue weighted by molar-refractivity contribution is 9.10. The molecule has 1 aromatic carbocycles. The van der Waals surface area contributed by atoms with Gasteiger partial charge in [-0.25, -0.2) is 4.39 Å². The smallest absolute Gasteiger partial charge is 0.125 e. The summed E-state index contributed by atoms with van der Waals surface area (Å²) in [4.78, 5) is 3.02. The first-order valence-electron chi connectivity index (χ1n) is 4.56. The van der Waals surface area contributed by atoms with E-state index in [4.69, 9.17) is 0 Å². The van der Waals surface area contributed by atoms with Gasteiger partial charge in [0.2, 0.25) is 0 Å². The summed E-state index contributed by atoms with van der Waals surface area (Å²) in [6.07, 6.45) is 1.90. The second-order valence-corrected chi connectivity index (χ2v) is 4.07. The van der Waals surface area contributed by atoms with Crippen LogP contribution in [0.25, 0.3) is 0 Å². The van der Waals surface area contributed by atoms with Gasteiger partial charge in [0.1, 0.15) is 5.82 Å². The molecule has 2 rings (SSSR count). The molecule has 0 radical (unpaired) electrons. The lowest BCUT2D eigenvalue weighted by Gasteiger charge is -2.04. The number of aromatic amines is 1. The van der Waals surface area contributed by atoms with E-state index in [0.717, 1.165) is 15.9 Å². The maximum absolute atomic E-state index is 12.8. The molecule has 0 aliphatic rings. The van der Waals surface area contributed by atoms with E-state index in [1.807, 2.05) is 18.3 Å². The van der Waals surface area contributed by atoms with Crippen molar-refractivity contribution >= 4 is 21.6 Å². The molecule has 1 aromatic heterocycles. The van der Waals surface area contributed by atoms with E-state index < -0.39 is 0 Å². The molecule has 0 unspecified atom stereocenters. The first kappa shape index (κ1) is 10.2. The van der Waals surface area contributed by atoms with Crippen LogP contribution in [0.15, 0.2) is 41.1 Å². The van der Waals surface area contributed by atoms with Crippen LogP contribution in [0.5, 0.6) is 0 Å². The zero-order valence-electron chi connectivity index (χ0n) is 7.93. The highest BCUT2D eigenvalue weighted by Gasteiger charge is 1.97. The third-order valence-electron chi connectivity index (χ3n) is 2.03. The number of hydrogen-bond donors (Lipinski definition) is 2. The van der Waals surface area contributed by atoms with E-state index in [1.165, 1.54) is 12.1 Å². The molecule has 0 fully saturated rings. The molecule has 0 saturated heterocycles. The van der Waals surface area contributed by atoms with Crippen LogP contribution >= 0.6 is 15.9 Å². The number of halogens is 2. The summed E-state index contributed by atoms with van der Waals surface area (Å²) in [6.45, 7) is 0.672. The lowest BCUT2D eigenvalue weighted by Crippen LogP contribution is -1.98. The molecule has 2 nitrogen and oxygen atoms in total. The summed E-state index contributed by atoms with van der Waals surface area (Å²) < 4.78 is 13.8. The summed E-state index contributed by atoms with van der Waals surface area (Å²) in [5, 5.41) is 3.13. The largest absolute Gasteiger partial charge is 0.381 e. The predicted octanol–water partition coefficient (Wildman–Crippen LogP) is 3.53. The van der Waals surface area contributed by atoms with Gasteiger partial charge in [0.15, 0.2) is 0 Å². The van der Waals surface area contributed by atoms with Crippen molar-refractivity contribution in [1.29, 1.82) is 0 Å². The summed E-state index contributed by atoms with van der Waals surface area (Å²) in [6, 6.07) is 8.40. The molecular formula is C11H10BrFN2. The number of aromatic nitrogens is 1. The van der Waals surface area contributed by atoms with Gasteiger partial charge in [0, 0.05) is 18.4 Å². The molecule has 4 heteroatoms. The van der Waals surface area contributed by atoms with Crippen LogP contribution in [0.1, 0.15) is 5.56 Å². The van der Waals surface area contributed by atoms with Crippen LogP contribution in [-0.2, 0) is 6.54 Å². The summed E-state index contributed by atoms with van der Waals surface area (Å²) in [5.41, 5.74) is 1.90. The number of anilines is 1. The van der Waals surface area contributed by atoms with Crippen LogP contribution < -0.4 is 5.32 Å². The minimum Gasteiger partial charge on any atom is -0.381 e. The number of hydrogen-bond acceptors (Lipinski definition) is 1. The van der Waals surface area contributed by atoms with Gasteiger partial charge < -0.3 is 10.3 Å². The van der Waals surface area contributed by atoms with Crippen molar-refractivity contribution in [2.24, 2.45) is 0 Å². The van der Waals surface area contributed by atoms with Crippen molar-refractivity contribution < 1.29 is 4.39 Å². The van der Waals surface area contributed by atoms with E-state index in [9.17, 15) is 4.39 Å². The quantitative estimate of drug-likeness (QED) is 0.876. The average Bonchev–Trinajstić information content (AvgIpc) is 2.62. The molecule has 0 saturated carbocycles. The standard InChI is InChI=1S/C11H10BrFN2/c12-11-4-8(7-15-11)6-14-10-3-1-2-9(13)5-10/h1-5,7,14-15H,6H2. The van der Waals surface area contributed by atoms with Gasteiger partial charge in [-0.15, -0.1) is 0 Å².